The Morgan fingerprint density at radius 1 is 0.423 bits per heavy atom. The molecule has 0 spiro atoms. The molecule has 52 heavy (non-hydrogen) atoms. The smallest absolute Gasteiger partial charge is 0.306 e. The summed E-state index contributed by atoms with van der Waals surface area (Å²) < 4.78 is 17.2. The number of hydrogen-bond acceptors (Lipinski definition) is 5. The second kappa shape index (κ2) is 43.5. The number of allylic oxidation sites excluding steroid dienone is 6. The summed E-state index contributed by atoms with van der Waals surface area (Å²) in [5, 5.41) is 0. The molecule has 1 atom stereocenters. The van der Waals surface area contributed by atoms with Crippen molar-refractivity contribution in [2.75, 3.05) is 19.8 Å². The molecule has 0 heterocycles. The molecule has 0 rings (SSSR count). The Bertz CT molecular complexity index is 832. The average molecular weight is 731 g/mol. The van der Waals surface area contributed by atoms with Gasteiger partial charge in [-0.05, 0) is 70.6 Å². The number of ether oxygens (including phenoxy) is 3. The molecule has 0 aromatic rings. The Hall–Kier alpha value is -1.88. The Labute approximate surface area is 323 Å². The monoisotopic (exact) mass is 731 g/mol. The van der Waals surface area contributed by atoms with E-state index in [4.69, 9.17) is 14.2 Å². The summed E-state index contributed by atoms with van der Waals surface area (Å²) in [6, 6.07) is 0. The molecule has 304 valence electrons. The van der Waals surface area contributed by atoms with Crippen LogP contribution in [-0.4, -0.2) is 37.9 Å². The van der Waals surface area contributed by atoms with Crippen LogP contribution < -0.4 is 0 Å². The van der Waals surface area contributed by atoms with Gasteiger partial charge in [0.1, 0.15) is 6.61 Å². The maximum atomic E-state index is 12.6. The van der Waals surface area contributed by atoms with E-state index in [-0.39, 0.29) is 25.2 Å². The molecular weight excluding hydrogens is 645 g/mol. The summed E-state index contributed by atoms with van der Waals surface area (Å²) in [6.45, 7) is 7.73. The van der Waals surface area contributed by atoms with Crippen molar-refractivity contribution in [3.63, 3.8) is 0 Å². The standard InChI is InChI=1S/C47H86O5/c1-4-7-10-13-16-18-20-22-23-24-25-26-27-29-32-34-37-40-46(48)51-44-45(52-47(49)41-38-35-31-15-12-9-6-3)43-50-42-39-36-33-30-28-21-19-17-14-11-8-5-2/h14,16-18,22-23,45H,4-13,15,19-21,24-44H2,1-3H3/b17-14-,18-16-,23-22-. The Balaban J connectivity index is 4.14. The Morgan fingerprint density at radius 2 is 0.827 bits per heavy atom. The predicted octanol–water partition coefficient (Wildman–Crippen LogP) is 14.7. The van der Waals surface area contributed by atoms with Gasteiger partial charge in [0, 0.05) is 19.4 Å². The fourth-order valence-electron chi connectivity index (χ4n) is 6.23. The van der Waals surface area contributed by atoms with Gasteiger partial charge >= 0.3 is 11.9 Å². The highest BCUT2D eigenvalue weighted by molar-refractivity contribution is 5.70. The molecule has 5 nitrogen and oxygen atoms in total. The summed E-state index contributed by atoms with van der Waals surface area (Å²) in [5.74, 6) is -0.410. The minimum Gasteiger partial charge on any atom is -0.462 e. The van der Waals surface area contributed by atoms with Gasteiger partial charge in [-0.25, -0.2) is 0 Å². The lowest BCUT2D eigenvalue weighted by atomic mass is 10.1. The summed E-state index contributed by atoms with van der Waals surface area (Å²) in [5.41, 5.74) is 0. The van der Waals surface area contributed by atoms with Crippen LogP contribution in [0.2, 0.25) is 0 Å². The van der Waals surface area contributed by atoms with Gasteiger partial charge in [-0.15, -0.1) is 0 Å². The Morgan fingerprint density at radius 3 is 1.38 bits per heavy atom. The van der Waals surface area contributed by atoms with Gasteiger partial charge in [-0.1, -0.05) is 179 Å². The zero-order valence-electron chi connectivity index (χ0n) is 34.8. The van der Waals surface area contributed by atoms with E-state index >= 15 is 0 Å². The Kier molecular flexibility index (Phi) is 42.0. The van der Waals surface area contributed by atoms with E-state index in [2.05, 4.69) is 57.2 Å². The van der Waals surface area contributed by atoms with E-state index in [0.717, 1.165) is 51.4 Å². The van der Waals surface area contributed by atoms with E-state index in [9.17, 15) is 9.59 Å². The number of carbonyl (C=O) groups is 2. The van der Waals surface area contributed by atoms with Gasteiger partial charge in [0.2, 0.25) is 0 Å². The molecule has 0 aromatic carbocycles. The maximum Gasteiger partial charge on any atom is 0.306 e. The summed E-state index contributed by atoms with van der Waals surface area (Å²) in [6.07, 6.45) is 50.0. The largest absolute Gasteiger partial charge is 0.462 e. The van der Waals surface area contributed by atoms with E-state index in [1.54, 1.807) is 0 Å². The molecule has 0 saturated heterocycles. The molecule has 0 saturated carbocycles. The van der Waals surface area contributed by atoms with Crippen molar-refractivity contribution < 1.29 is 23.8 Å². The molecule has 0 amide bonds. The second-order valence-corrected chi connectivity index (χ2v) is 15.0. The molecule has 0 aliphatic rings. The first kappa shape index (κ1) is 50.1. The number of carbonyl (C=O) groups excluding carboxylic acids is 2. The minimum atomic E-state index is -0.534. The fourth-order valence-corrected chi connectivity index (χ4v) is 6.23. The third-order valence-electron chi connectivity index (χ3n) is 9.65. The van der Waals surface area contributed by atoms with Gasteiger partial charge in [-0.2, -0.15) is 0 Å². The van der Waals surface area contributed by atoms with Crippen molar-refractivity contribution in [3.8, 4) is 0 Å². The third kappa shape index (κ3) is 40.9. The topological polar surface area (TPSA) is 61.8 Å². The van der Waals surface area contributed by atoms with Crippen LogP contribution >= 0.6 is 0 Å². The minimum absolute atomic E-state index is 0.0815. The lowest BCUT2D eigenvalue weighted by Gasteiger charge is -2.18. The van der Waals surface area contributed by atoms with Crippen molar-refractivity contribution in [3.05, 3.63) is 36.5 Å². The second-order valence-electron chi connectivity index (χ2n) is 15.0. The third-order valence-corrected chi connectivity index (χ3v) is 9.65. The van der Waals surface area contributed by atoms with Crippen LogP contribution in [0.25, 0.3) is 0 Å². The fraction of sp³-hybridized carbons (Fsp3) is 0.830. The van der Waals surface area contributed by atoms with Crippen LogP contribution in [0.5, 0.6) is 0 Å². The molecule has 0 aromatic heterocycles. The van der Waals surface area contributed by atoms with E-state index in [1.807, 2.05) is 0 Å². The summed E-state index contributed by atoms with van der Waals surface area (Å²) in [4.78, 5) is 25.1. The van der Waals surface area contributed by atoms with Crippen LogP contribution in [-0.2, 0) is 23.8 Å². The van der Waals surface area contributed by atoms with Gasteiger partial charge in [0.05, 0.1) is 6.61 Å². The highest BCUT2D eigenvalue weighted by atomic mass is 16.6. The van der Waals surface area contributed by atoms with E-state index in [0.29, 0.717) is 19.4 Å². The predicted molar refractivity (Wildman–Crippen MR) is 224 cm³/mol. The summed E-state index contributed by atoms with van der Waals surface area (Å²) >= 11 is 0. The first-order chi connectivity index (χ1) is 25.6. The van der Waals surface area contributed by atoms with Gasteiger partial charge in [0.25, 0.3) is 0 Å². The van der Waals surface area contributed by atoms with Crippen LogP contribution in [0.1, 0.15) is 226 Å². The highest BCUT2D eigenvalue weighted by Crippen LogP contribution is 2.13. The molecule has 0 aliphatic heterocycles. The number of unbranched alkanes of at least 4 members (excludes halogenated alkanes) is 24. The van der Waals surface area contributed by atoms with Crippen molar-refractivity contribution in [1.29, 1.82) is 0 Å². The average Bonchev–Trinajstić information content (AvgIpc) is 3.14. The molecular formula is C47H86O5. The summed E-state index contributed by atoms with van der Waals surface area (Å²) in [7, 11) is 0. The molecule has 1 unspecified atom stereocenters. The first-order valence-corrected chi connectivity index (χ1v) is 22.5. The van der Waals surface area contributed by atoms with E-state index in [1.165, 1.54) is 141 Å². The van der Waals surface area contributed by atoms with Gasteiger partial charge in [-0.3, -0.25) is 9.59 Å². The highest BCUT2D eigenvalue weighted by Gasteiger charge is 2.17. The van der Waals surface area contributed by atoms with Crippen LogP contribution in [0.4, 0.5) is 0 Å². The maximum absolute atomic E-state index is 12.6. The lowest BCUT2D eigenvalue weighted by molar-refractivity contribution is -0.163. The van der Waals surface area contributed by atoms with Crippen molar-refractivity contribution in [1.82, 2.24) is 0 Å². The van der Waals surface area contributed by atoms with E-state index < -0.39 is 6.10 Å². The molecule has 0 fully saturated rings. The normalized spacial score (nSPS) is 12.4. The molecule has 0 aliphatic carbocycles. The van der Waals surface area contributed by atoms with Crippen molar-refractivity contribution in [2.24, 2.45) is 0 Å². The first-order valence-electron chi connectivity index (χ1n) is 22.5. The number of rotatable bonds is 41. The molecule has 5 heteroatoms. The van der Waals surface area contributed by atoms with Crippen LogP contribution in [0.15, 0.2) is 36.5 Å². The number of hydrogen-bond donors (Lipinski definition) is 0. The number of esters is 2. The van der Waals surface area contributed by atoms with Crippen molar-refractivity contribution >= 4 is 11.9 Å². The van der Waals surface area contributed by atoms with Crippen LogP contribution in [0, 0.1) is 0 Å². The zero-order chi connectivity index (χ0) is 37.8. The van der Waals surface area contributed by atoms with Gasteiger partial charge < -0.3 is 14.2 Å². The SMILES string of the molecule is CCCC/C=C\CCCCCCCCOCC(COC(=O)CCCCCCCCC/C=C\C/C=C\CCCCC)OC(=O)CCCCCCCCC. The van der Waals surface area contributed by atoms with Gasteiger partial charge in [0.15, 0.2) is 6.10 Å². The molecule has 0 bridgehead atoms. The zero-order valence-corrected chi connectivity index (χ0v) is 34.8. The quantitative estimate of drug-likeness (QED) is 0.0356. The van der Waals surface area contributed by atoms with Crippen LogP contribution in [0.3, 0.4) is 0 Å². The molecule has 0 N–H and O–H groups in total. The van der Waals surface area contributed by atoms with Crippen molar-refractivity contribution in [2.45, 2.75) is 232 Å². The lowest BCUT2D eigenvalue weighted by Crippen LogP contribution is -2.30. The molecule has 0 radical (unpaired) electrons.